The Balaban J connectivity index is 1.83. The quantitative estimate of drug-likeness (QED) is 0.666. The molecule has 0 aliphatic rings. The fraction of sp³-hybridized carbons (Fsp3) is 0.190. The highest BCUT2D eigenvalue weighted by atomic mass is 79.9. The molecule has 3 aromatic rings. The number of aryl methyl sites for hydroxylation is 2. The second-order valence-corrected chi connectivity index (χ2v) is 7.15. The molecule has 0 saturated carbocycles. The number of carbonyl (C=O) groups excluding carboxylic acids is 1. The van der Waals surface area contributed by atoms with Crippen LogP contribution in [0.3, 0.4) is 0 Å². The van der Waals surface area contributed by atoms with Crippen molar-refractivity contribution in [3.05, 3.63) is 80.6 Å². The largest absolute Gasteiger partial charge is 0.324 e. The van der Waals surface area contributed by atoms with Crippen LogP contribution in [0.4, 0.5) is 5.69 Å². The van der Waals surface area contributed by atoms with Crippen molar-refractivity contribution in [3.8, 4) is 11.3 Å². The number of benzene rings is 2. The van der Waals surface area contributed by atoms with Gasteiger partial charge in [-0.2, -0.15) is 5.10 Å². The summed E-state index contributed by atoms with van der Waals surface area (Å²) in [5, 5.41) is 7.27. The maximum absolute atomic E-state index is 12.5. The minimum Gasteiger partial charge on any atom is -0.324 e. The summed E-state index contributed by atoms with van der Waals surface area (Å²) in [6.07, 6.45) is 0.814. The van der Waals surface area contributed by atoms with Gasteiger partial charge in [0.1, 0.15) is 6.54 Å². The van der Waals surface area contributed by atoms with Crippen molar-refractivity contribution in [2.24, 2.45) is 0 Å². The van der Waals surface area contributed by atoms with Crippen LogP contribution in [0.5, 0.6) is 0 Å². The molecule has 0 fully saturated rings. The van der Waals surface area contributed by atoms with Crippen LogP contribution in [0.1, 0.15) is 18.1 Å². The Morgan fingerprint density at radius 3 is 2.56 bits per heavy atom. The number of anilines is 1. The van der Waals surface area contributed by atoms with Crippen molar-refractivity contribution >= 4 is 27.5 Å². The Labute approximate surface area is 166 Å². The zero-order valence-electron chi connectivity index (χ0n) is 15.2. The zero-order valence-corrected chi connectivity index (χ0v) is 16.8. The number of halogens is 1. The Morgan fingerprint density at radius 1 is 1.11 bits per heavy atom. The summed E-state index contributed by atoms with van der Waals surface area (Å²) in [6.45, 7) is 3.85. The topological polar surface area (TPSA) is 64.0 Å². The predicted molar refractivity (Wildman–Crippen MR) is 111 cm³/mol. The van der Waals surface area contributed by atoms with Crippen molar-refractivity contribution in [3.63, 3.8) is 0 Å². The SMILES string of the molecule is CCc1cccc(C)c1NC(=O)Cn1nc(-c2ccc(Br)cc2)ccc1=O. The van der Waals surface area contributed by atoms with Crippen molar-refractivity contribution in [1.82, 2.24) is 9.78 Å². The molecule has 3 rings (SSSR count). The third kappa shape index (κ3) is 4.52. The van der Waals surface area contributed by atoms with E-state index in [0.717, 1.165) is 33.3 Å². The van der Waals surface area contributed by atoms with Gasteiger partial charge in [-0.3, -0.25) is 9.59 Å². The number of aromatic nitrogens is 2. The van der Waals surface area contributed by atoms with Gasteiger partial charge in [0, 0.05) is 21.8 Å². The summed E-state index contributed by atoms with van der Waals surface area (Å²) < 4.78 is 2.15. The second kappa shape index (κ2) is 8.31. The van der Waals surface area contributed by atoms with E-state index >= 15 is 0 Å². The number of hydrogen-bond donors (Lipinski definition) is 1. The lowest BCUT2D eigenvalue weighted by molar-refractivity contribution is -0.117. The molecule has 1 heterocycles. The summed E-state index contributed by atoms with van der Waals surface area (Å²) in [4.78, 5) is 24.7. The number of carbonyl (C=O) groups is 1. The monoisotopic (exact) mass is 425 g/mol. The standard InChI is InChI=1S/C21H20BrN3O2/c1-3-15-6-4-5-14(2)21(15)23-19(26)13-25-20(27)12-11-18(24-25)16-7-9-17(22)10-8-16/h4-12H,3,13H2,1-2H3,(H,23,26). The van der Waals surface area contributed by atoms with Crippen molar-refractivity contribution in [2.45, 2.75) is 26.8 Å². The van der Waals surface area contributed by atoms with E-state index in [-0.39, 0.29) is 18.0 Å². The fourth-order valence-corrected chi connectivity index (χ4v) is 3.12. The van der Waals surface area contributed by atoms with Crippen molar-refractivity contribution in [1.29, 1.82) is 0 Å². The van der Waals surface area contributed by atoms with Crippen LogP contribution < -0.4 is 10.9 Å². The number of para-hydroxylation sites is 1. The van der Waals surface area contributed by atoms with E-state index in [4.69, 9.17) is 0 Å². The molecular formula is C21H20BrN3O2. The molecule has 1 amide bonds. The lowest BCUT2D eigenvalue weighted by atomic mass is 10.1. The van der Waals surface area contributed by atoms with E-state index in [1.54, 1.807) is 6.07 Å². The van der Waals surface area contributed by atoms with Gasteiger partial charge in [-0.05, 0) is 42.7 Å². The first-order valence-corrected chi connectivity index (χ1v) is 9.49. The average molecular weight is 426 g/mol. The highest BCUT2D eigenvalue weighted by Gasteiger charge is 2.11. The maximum Gasteiger partial charge on any atom is 0.267 e. The van der Waals surface area contributed by atoms with E-state index < -0.39 is 0 Å². The van der Waals surface area contributed by atoms with Crippen molar-refractivity contribution < 1.29 is 4.79 Å². The molecule has 0 unspecified atom stereocenters. The summed E-state index contributed by atoms with van der Waals surface area (Å²) in [5.74, 6) is -0.276. The molecule has 0 atom stereocenters. The number of hydrogen-bond acceptors (Lipinski definition) is 3. The Morgan fingerprint density at radius 2 is 1.85 bits per heavy atom. The van der Waals surface area contributed by atoms with Gasteiger partial charge in [-0.15, -0.1) is 0 Å². The molecule has 6 heteroatoms. The first-order chi connectivity index (χ1) is 13.0. The number of nitrogens with zero attached hydrogens (tertiary/aromatic N) is 2. The van der Waals surface area contributed by atoms with Crippen LogP contribution in [-0.4, -0.2) is 15.7 Å². The van der Waals surface area contributed by atoms with Gasteiger partial charge in [0.15, 0.2) is 0 Å². The Kier molecular flexibility index (Phi) is 5.86. The third-order valence-corrected chi connectivity index (χ3v) is 4.83. The highest BCUT2D eigenvalue weighted by molar-refractivity contribution is 9.10. The molecule has 1 N–H and O–H groups in total. The zero-order chi connectivity index (χ0) is 19.4. The maximum atomic E-state index is 12.5. The third-order valence-electron chi connectivity index (χ3n) is 4.30. The number of rotatable bonds is 5. The molecule has 138 valence electrons. The van der Waals surface area contributed by atoms with Gasteiger partial charge in [0.05, 0.1) is 5.69 Å². The molecule has 0 aliphatic heterocycles. The molecule has 0 radical (unpaired) electrons. The van der Waals surface area contributed by atoms with E-state index in [2.05, 4.69) is 26.3 Å². The lowest BCUT2D eigenvalue weighted by Crippen LogP contribution is -2.29. The van der Waals surface area contributed by atoms with E-state index in [1.165, 1.54) is 10.7 Å². The molecule has 0 spiro atoms. The number of nitrogens with one attached hydrogen (secondary N) is 1. The molecule has 0 bridgehead atoms. The summed E-state index contributed by atoms with van der Waals surface area (Å²) in [6, 6.07) is 16.6. The van der Waals surface area contributed by atoms with Crippen molar-refractivity contribution in [2.75, 3.05) is 5.32 Å². The highest BCUT2D eigenvalue weighted by Crippen LogP contribution is 2.21. The van der Waals surface area contributed by atoms with Gasteiger partial charge in [0.2, 0.25) is 5.91 Å². The first kappa shape index (κ1) is 19.0. The molecule has 0 saturated heterocycles. The Bertz CT molecular complexity index is 1030. The van der Waals surface area contributed by atoms with Crippen LogP contribution >= 0.6 is 15.9 Å². The van der Waals surface area contributed by atoms with Crippen LogP contribution in [0.15, 0.2) is 63.9 Å². The summed E-state index contributed by atoms with van der Waals surface area (Å²) >= 11 is 3.40. The second-order valence-electron chi connectivity index (χ2n) is 6.23. The average Bonchev–Trinajstić information content (AvgIpc) is 2.66. The molecular weight excluding hydrogens is 406 g/mol. The Hall–Kier alpha value is -2.73. The summed E-state index contributed by atoms with van der Waals surface area (Å²) in [5.41, 5.74) is 4.06. The number of amides is 1. The van der Waals surface area contributed by atoms with Crippen LogP contribution in [0, 0.1) is 6.92 Å². The van der Waals surface area contributed by atoms with E-state index in [0.29, 0.717) is 5.69 Å². The van der Waals surface area contributed by atoms with Crippen LogP contribution in [0.2, 0.25) is 0 Å². The molecule has 1 aromatic heterocycles. The molecule has 0 aliphatic carbocycles. The molecule has 2 aromatic carbocycles. The normalized spacial score (nSPS) is 10.6. The predicted octanol–water partition coefficient (Wildman–Crippen LogP) is 4.18. The van der Waals surface area contributed by atoms with E-state index in [9.17, 15) is 9.59 Å². The molecule has 5 nitrogen and oxygen atoms in total. The van der Waals surface area contributed by atoms with Gasteiger partial charge >= 0.3 is 0 Å². The first-order valence-electron chi connectivity index (χ1n) is 8.70. The van der Waals surface area contributed by atoms with Gasteiger partial charge in [0.25, 0.3) is 5.56 Å². The summed E-state index contributed by atoms with van der Waals surface area (Å²) in [7, 11) is 0. The van der Waals surface area contributed by atoms with Gasteiger partial charge in [-0.1, -0.05) is 53.2 Å². The van der Waals surface area contributed by atoms with Gasteiger partial charge < -0.3 is 5.32 Å². The minimum atomic E-state index is -0.313. The van der Waals surface area contributed by atoms with Crippen LogP contribution in [-0.2, 0) is 17.8 Å². The van der Waals surface area contributed by atoms with Gasteiger partial charge in [-0.25, -0.2) is 4.68 Å². The smallest absolute Gasteiger partial charge is 0.267 e. The fourth-order valence-electron chi connectivity index (χ4n) is 2.85. The molecule has 27 heavy (non-hydrogen) atoms. The minimum absolute atomic E-state index is 0.138. The lowest BCUT2D eigenvalue weighted by Gasteiger charge is -2.13. The van der Waals surface area contributed by atoms with Crippen LogP contribution in [0.25, 0.3) is 11.3 Å². The van der Waals surface area contributed by atoms with E-state index in [1.807, 2.05) is 56.3 Å².